The average Bonchev–Trinajstić information content (AvgIpc) is 2.47. The van der Waals surface area contributed by atoms with Gasteiger partial charge >= 0.3 is 0 Å². The highest BCUT2D eigenvalue weighted by Gasteiger charge is 2.17. The molecule has 0 heterocycles. The number of rotatable bonds is 7. The van der Waals surface area contributed by atoms with Gasteiger partial charge in [0.1, 0.15) is 6.61 Å². The summed E-state index contributed by atoms with van der Waals surface area (Å²) in [7, 11) is 1.54. The molecule has 0 aromatic heterocycles. The molecule has 0 atom stereocenters. The van der Waals surface area contributed by atoms with E-state index in [9.17, 15) is 4.79 Å². The molecule has 0 bridgehead atoms. The van der Waals surface area contributed by atoms with E-state index in [1.54, 1.807) is 18.2 Å². The van der Waals surface area contributed by atoms with Gasteiger partial charge in [-0.05, 0) is 30.5 Å². The summed E-state index contributed by atoms with van der Waals surface area (Å²) >= 11 is 0. The van der Waals surface area contributed by atoms with Crippen LogP contribution in [0.1, 0.15) is 36.0 Å². The molecule has 1 aromatic rings. The van der Waals surface area contributed by atoms with Crippen molar-refractivity contribution in [3.63, 3.8) is 0 Å². The van der Waals surface area contributed by atoms with Crippen molar-refractivity contribution in [3.05, 3.63) is 23.8 Å². The zero-order valence-electron chi connectivity index (χ0n) is 12.4. The van der Waals surface area contributed by atoms with E-state index in [2.05, 4.69) is 11.2 Å². The molecular weight excluding hydrogens is 266 g/mol. The first-order chi connectivity index (χ1) is 10.2. The maximum Gasteiger partial charge on any atom is 0.251 e. The Bertz CT molecular complexity index is 529. The first-order valence-corrected chi connectivity index (χ1v) is 7.27. The fourth-order valence-corrected chi connectivity index (χ4v) is 2.32. The summed E-state index contributed by atoms with van der Waals surface area (Å²) in [5.41, 5.74) is 0.563. The molecule has 1 N–H and O–H groups in total. The summed E-state index contributed by atoms with van der Waals surface area (Å²) in [5, 5.41) is 2.94. The van der Waals surface area contributed by atoms with Crippen LogP contribution in [0, 0.1) is 18.3 Å². The molecule has 0 unspecified atom stereocenters. The molecule has 2 rings (SSSR count). The van der Waals surface area contributed by atoms with Gasteiger partial charge < -0.3 is 14.8 Å². The number of hydrogen-bond donors (Lipinski definition) is 1. The Labute approximate surface area is 125 Å². The van der Waals surface area contributed by atoms with Crippen LogP contribution in [0.25, 0.3) is 0 Å². The minimum Gasteiger partial charge on any atom is -0.493 e. The number of methoxy groups -OCH3 is 1. The highest BCUT2D eigenvalue weighted by atomic mass is 16.5. The van der Waals surface area contributed by atoms with E-state index in [1.165, 1.54) is 26.4 Å². The number of hydrogen-bond acceptors (Lipinski definition) is 3. The summed E-state index contributed by atoms with van der Waals surface area (Å²) in [4.78, 5) is 12.1. The molecule has 0 spiro atoms. The largest absolute Gasteiger partial charge is 0.493 e. The third-order valence-electron chi connectivity index (χ3n) is 3.80. The quantitative estimate of drug-likeness (QED) is 0.784. The van der Waals surface area contributed by atoms with Crippen molar-refractivity contribution < 1.29 is 14.3 Å². The lowest BCUT2D eigenvalue weighted by molar-refractivity contribution is 0.0948. The molecule has 1 aliphatic carbocycles. The molecule has 4 nitrogen and oxygen atoms in total. The summed E-state index contributed by atoms with van der Waals surface area (Å²) in [6.45, 7) is 0.893. The average molecular weight is 287 g/mol. The molecular formula is C17H21NO3. The Morgan fingerprint density at radius 3 is 2.86 bits per heavy atom. The van der Waals surface area contributed by atoms with Crippen molar-refractivity contribution >= 4 is 5.91 Å². The van der Waals surface area contributed by atoms with Crippen LogP contribution in [-0.2, 0) is 0 Å². The first kappa shape index (κ1) is 15.2. The highest BCUT2D eigenvalue weighted by molar-refractivity contribution is 5.94. The van der Waals surface area contributed by atoms with Crippen LogP contribution in [-0.4, -0.2) is 26.2 Å². The maximum atomic E-state index is 12.1. The van der Waals surface area contributed by atoms with Crippen LogP contribution in [0.2, 0.25) is 0 Å². The zero-order valence-corrected chi connectivity index (χ0v) is 12.4. The zero-order chi connectivity index (χ0) is 15.1. The van der Waals surface area contributed by atoms with Gasteiger partial charge in [-0.3, -0.25) is 4.79 Å². The fourth-order valence-electron chi connectivity index (χ4n) is 2.32. The second-order valence-corrected chi connectivity index (χ2v) is 5.20. The Hall–Kier alpha value is -2.15. The van der Waals surface area contributed by atoms with Crippen LogP contribution in [0.15, 0.2) is 18.2 Å². The van der Waals surface area contributed by atoms with Crippen molar-refractivity contribution in [1.29, 1.82) is 0 Å². The Morgan fingerprint density at radius 2 is 2.24 bits per heavy atom. The van der Waals surface area contributed by atoms with Crippen LogP contribution < -0.4 is 14.8 Å². The van der Waals surface area contributed by atoms with Crippen molar-refractivity contribution in [3.8, 4) is 23.8 Å². The van der Waals surface area contributed by atoms with Crippen LogP contribution in [0.3, 0.4) is 0 Å². The lowest BCUT2D eigenvalue weighted by atomic mass is 9.83. The van der Waals surface area contributed by atoms with E-state index < -0.39 is 0 Å². The van der Waals surface area contributed by atoms with E-state index in [1.807, 2.05) is 0 Å². The van der Waals surface area contributed by atoms with E-state index in [0.29, 0.717) is 17.1 Å². The smallest absolute Gasteiger partial charge is 0.251 e. The minimum absolute atomic E-state index is 0.0869. The second kappa shape index (κ2) is 7.58. The van der Waals surface area contributed by atoms with Crippen molar-refractivity contribution in [2.75, 3.05) is 20.3 Å². The van der Waals surface area contributed by atoms with Crippen molar-refractivity contribution in [2.24, 2.45) is 5.92 Å². The summed E-state index contributed by atoms with van der Waals surface area (Å²) in [5.74, 6) is 4.16. The minimum atomic E-state index is -0.0869. The van der Waals surface area contributed by atoms with E-state index in [4.69, 9.17) is 15.9 Å². The summed E-state index contributed by atoms with van der Waals surface area (Å²) in [6, 6.07) is 5.09. The number of terminal acetylenes is 1. The number of benzene rings is 1. The molecule has 0 aliphatic heterocycles. The SMILES string of the molecule is C#CCOc1ccc(C(=O)NCCC2CCC2)cc1OC. The lowest BCUT2D eigenvalue weighted by Gasteiger charge is -2.25. The van der Waals surface area contributed by atoms with Gasteiger partial charge in [0.2, 0.25) is 0 Å². The molecule has 1 aromatic carbocycles. The molecule has 1 saturated carbocycles. The maximum absolute atomic E-state index is 12.1. The van der Waals surface area contributed by atoms with Crippen LogP contribution in [0.5, 0.6) is 11.5 Å². The van der Waals surface area contributed by atoms with Gasteiger partial charge in [0.15, 0.2) is 11.5 Å². The molecule has 0 saturated heterocycles. The molecule has 1 aliphatic rings. The number of amides is 1. The predicted octanol–water partition coefficient (Wildman–Crippen LogP) is 2.63. The Kier molecular flexibility index (Phi) is 5.51. The van der Waals surface area contributed by atoms with Gasteiger partial charge in [-0.2, -0.15) is 0 Å². The molecule has 21 heavy (non-hydrogen) atoms. The van der Waals surface area contributed by atoms with Gasteiger partial charge in [-0.25, -0.2) is 0 Å². The number of nitrogens with one attached hydrogen (secondary N) is 1. The second-order valence-electron chi connectivity index (χ2n) is 5.20. The topological polar surface area (TPSA) is 47.6 Å². The van der Waals surface area contributed by atoms with Gasteiger partial charge in [0.25, 0.3) is 5.91 Å². The predicted molar refractivity (Wildman–Crippen MR) is 81.6 cm³/mol. The molecule has 4 heteroatoms. The molecule has 0 radical (unpaired) electrons. The van der Waals surface area contributed by atoms with Crippen molar-refractivity contribution in [2.45, 2.75) is 25.7 Å². The van der Waals surface area contributed by atoms with Crippen LogP contribution >= 0.6 is 0 Å². The fraction of sp³-hybridized carbons (Fsp3) is 0.471. The van der Waals surface area contributed by atoms with E-state index in [-0.39, 0.29) is 12.5 Å². The van der Waals surface area contributed by atoms with E-state index >= 15 is 0 Å². The third kappa shape index (κ3) is 4.16. The van der Waals surface area contributed by atoms with Gasteiger partial charge in [0.05, 0.1) is 7.11 Å². The molecule has 1 fully saturated rings. The third-order valence-corrected chi connectivity index (χ3v) is 3.80. The Morgan fingerprint density at radius 1 is 1.43 bits per heavy atom. The number of ether oxygens (including phenoxy) is 2. The van der Waals surface area contributed by atoms with Gasteiger partial charge in [0, 0.05) is 12.1 Å². The highest BCUT2D eigenvalue weighted by Crippen LogP contribution is 2.29. The normalized spacial score (nSPS) is 13.9. The van der Waals surface area contributed by atoms with Gasteiger partial charge in [-0.1, -0.05) is 25.2 Å². The molecule has 112 valence electrons. The number of carbonyl (C=O) groups is 1. The number of carbonyl (C=O) groups excluding carboxylic acids is 1. The Balaban J connectivity index is 1.91. The summed E-state index contributed by atoms with van der Waals surface area (Å²) < 4.78 is 10.6. The first-order valence-electron chi connectivity index (χ1n) is 7.27. The summed E-state index contributed by atoms with van der Waals surface area (Å²) in [6.07, 6.45) is 10.1. The standard InChI is InChI=1S/C17H21NO3/c1-3-11-21-15-8-7-14(12-16(15)20-2)17(19)18-10-9-13-5-4-6-13/h1,7-8,12-13H,4-6,9-11H2,2H3,(H,18,19). The monoisotopic (exact) mass is 287 g/mol. The van der Waals surface area contributed by atoms with E-state index in [0.717, 1.165) is 18.9 Å². The van der Waals surface area contributed by atoms with Gasteiger partial charge in [-0.15, -0.1) is 6.42 Å². The lowest BCUT2D eigenvalue weighted by Crippen LogP contribution is -2.27. The van der Waals surface area contributed by atoms with Crippen LogP contribution in [0.4, 0.5) is 0 Å². The molecule has 1 amide bonds. The van der Waals surface area contributed by atoms with Crippen molar-refractivity contribution in [1.82, 2.24) is 5.32 Å².